The fourth-order valence-corrected chi connectivity index (χ4v) is 15.1. The Balaban J connectivity index is 1.01. The van der Waals surface area contributed by atoms with E-state index in [0.717, 1.165) is 24.8 Å². The van der Waals surface area contributed by atoms with Crippen molar-refractivity contribution in [2.45, 2.75) is 211 Å². The molecule has 12 N–H and O–H groups in total. The third kappa shape index (κ3) is 8.01. The van der Waals surface area contributed by atoms with E-state index in [0.29, 0.717) is 32.1 Å². The molecule has 24 atom stereocenters. The second-order valence-corrected chi connectivity index (χ2v) is 23.6. The van der Waals surface area contributed by atoms with E-state index >= 15 is 0 Å². The smallest absolute Gasteiger partial charge is 0.315 e. The standard InChI is InChI=1S/C48H78O19/c1-43(2)14-15-48(42(61)67-41-36(59)33(56)31(54)24(19-50)63-41)17-28(52)47(7)21(22(48)16-43)8-9-27-45(5)12-11-29(44(3,4)26(45)10-13-46(27,47)6)65-39-37(60)34(57)38(25(20-51)64-39)66-40-35(58)32(55)30(53)23(18-49)62-40/h8,22-41,49-60H,9-20H2,1-7H3/t22?,23-,24-,25-,26?,27?,28?,29?,30-,31-,32+,33+,34-,35-,36-,37-,38-,39?,40?,41?,45?,46?,47?,48?/m1/s1. The van der Waals surface area contributed by atoms with Gasteiger partial charge in [-0.2, -0.15) is 0 Å². The molecule has 19 heteroatoms. The summed E-state index contributed by atoms with van der Waals surface area (Å²) in [5, 5.41) is 128. The van der Waals surface area contributed by atoms with Gasteiger partial charge in [-0.1, -0.05) is 60.1 Å². The molecule has 0 aromatic rings. The van der Waals surface area contributed by atoms with Gasteiger partial charge in [-0.3, -0.25) is 4.79 Å². The number of rotatable bonds is 9. The molecule has 0 spiro atoms. The zero-order chi connectivity index (χ0) is 49.1. The van der Waals surface area contributed by atoms with E-state index in [1.165, 1.54) is 0 Å². The zero-order valence-corrected chi connectivity index (χ0v) is 39.8. The van der Waals surface area contributed by atoms with Crippen molar-refractivity contribution < 1.29 is 94.5 Å². The second-order valence-electron chi connectivity index (χ2n) is 23.6. The molecule has 7 fully saturated rings. The van der Waals surface area contributed by atoms with E-state index in [1.54, 1.807) is 0 Å². The van der Waals surface area contributed by atoms with Crippen molar-refractivity contribution in [3.8, 4) is 0 Å². The highest BCUT2D eigenvalue weighted by Gasteiger charge is 2.72. The summed E-state index contributed by atoms with van der Waals surface area (Å²) in [6.45, 7) is 13.4. The molecule has 3 saturated heterocycles. The highest BCUT2D eigenvalue weighted by atomic mass is 16.7. The Hall–Kier alpha value is -1.47. The topological polar surface area (TPSA) is 315 Å². The fraction of sp³-hybridized carbons (Fsp3) is 0.938. The van der Waals surface area contributed by atoms with Crippen molar-refractivity contribution in [3.63, 3.8) is 0 Å². The van der Waals surface area contributed by atoms with Crippen LogP contribution in [0.3, 0.4) is 0 Å². The molecule has 0 bridgehead atoms. The first-order valence-electron chi connectivity index (χ1n) is 24.4. The molecule has 0 aromatic carbocycles. The number of aliphatic hydroxyl groups excluding tert-OH is 12. The lowest BCUT2D eigenvalue weighted by atomic mass is 9.33. The van der Waals surface area contributed by atoms with Crippen LogP contribution in [0.4, 0.5) is 0 Å². The molecule has 0 radical (unpaired) electrons. The van der Waals surface area contributed by atoms with Gasteiger partial charge < -0.3 is 89.7 Å². The van der Waals surface area contributed by atoms with Gasteiger partial charge in [0.2, 0.25) is 6.29 Å². The van der Waals surface area contributed by atoms with E-state index in [1.807, 2.05) is 0 Å². The largest absolute Gasteiger partial charge is 0.432 e. The number of fused-ring (bicyclic) bond motifs is 7. The summed E-state index contributed by atoms with van der Waals surface area (Å²) in [6, 6.07) is 0. The number of carbonyl (C=O) groups is 1. The van der Waals surface area contributed by atoms with Crippen LogP contribution < -0.4 is 0 Å². The summed E-state index contributed by atoms with van der Waals surface area (Å²) in [6.07, 6.45) is -17.3. The molecule has 3 heterocycles. The molecule has 12 unspecified atom stereocenters. The first-order chi connectivity index (χ1) is 31.3. The van der Waals surface area contributed by atoms with Crippen molar-refractivity contribution in [2.75, 3.05) is 19.8 Å². The Labute approximate surface area is 392 Å². The summed E-state index contributed by atoms with van der Waals surface area (Å²) in [4.78, 5) is 14.7. The second kappa shape index (κ2) is 18.2. The summed E-state index contributed by atoms with van der Waals surface area (Å²) in [7, 11) is 0. The molecule has 8 aliphatic rings. The van der Waals surface area contributed by atoms with Crippen molar-refractivity contribution in [1.29, 1.82) is 0 Å². The summed E-state index contributed by atoms with van der Waals surface area (Å²) < 4.78 is 35.5. The van der Waals surface area contributed by atoms with Gasteiger partial charge in [0.25, 0.3) is 0 Å². The highest BCUT2D eigenvalue weighted by molar-refractivity contribution is 5.79. The lowest BCUT2D eigenvalue weighted by Crippen LogP contribution is -2.69. The minimum atomic E-state index is -1.79. The van der Waals surface area contributed by atoms with E-state index in [2.05, 4.69) is 54.5 Å². The van der Waals surface area contributed by atoms with Gasteiger partial charge in [0.1, 0.15) is 73.2 Å². The predicted molar refractivity (Wildman–Crippen MR) is 232 cm³/mol. The molecule has 8 rings (SSSR count). The minimum Gasteiger partial charge on any atom is -0.432 e. The summed E-state index contributed by atoms with van der Waals surface area (Å²) >= 11 is 0. The van der Waals surface area contributed by atoms with Gasteiger partial charge >= 0.3 is 5.97 Å². The highest BCUT2D eigenvalue weighted by Crippen LogP contribution is 2.76. The Kier molecular flexibility index (Phi) is 14.1. The number of ether oxygens (including phenoxy) is 6. The molecule has 384 valence electrons. The Morgan fingerprint density at radius 3 is 1.78 bits per heavy atom. The first kappa shape index (κ1) is 51.9. The fourth-order valence-electron chi connectivity index (χ4n) is 15.1. The number of esters is 1. The van der Waals surface area contributed by atoms with E-state index in [4.69, 9.17) is 28.4 Å². The van der Waals surface area contributed by atoms with Crippen LogP contribution in [-0.4, -0.2) is 191 Å². The summed E-state index contributed by atoms with van der Waals surface area (Å²) in [5.41, 5.74) is -2.20. The van der Waals surface area contributed by atoms with Crippen LogP contribution in [0.15, 0.2) is 11.6 Å². The maximum absolute atomic E-state index is 14.7. The number of allylic oxidation sites excluding steroid dienone is 1. The third-order valence-electron chi connectivity index (χ3n) is 19.4. The summed E-state index contributed by atoms with van der Waals surface area (Å²) in [5.74, 6) is -0.763. The van der Waals surface area contributed by atoms with Crippen molar-refractivity contribution in [3.05, 3.63) is 11.6 Å². The molecule has 19 nitrogen and oxygen atoms in total. The molecule has 3 aliphatic heterocycles. The van der Waals surface area contributed by atoms with E-state index in [-0.39, 0.29) is 35.0 Å². The molecule has 0 amide bonds. The van der Waals surface area contributed by atoms with Crippen LogP contribution in [0, 0.1) is 50.2 Å². The van der Waals surface area contributed by atoms with Crippen LogP contribution in [-0.2, 0) is 33.2 Å². The predicted octanol–water partition coefficient (Wildman–Crippen LogP) is -0.889. The minimum absolute atomic E-state index is 0.0962. The Morgan fingerprint density at radius 1 is 0.612 bits per heavy atom. The average molecular weight is 959 g/mol. The van der Waals surface area contributed by atoms with Crippen LogP contribution in [0.25, 0.3) is 0 Å². The van der Waals surface area contributed by atoms with Crippen LogP contribution >= 0.6 is 0 Å². The maximum atomic E-state index is 14.7. The normalized spacial score (nSPS) is 53.8. The zero-order valence-electron chi connectivity index (χ0n) is 39.8. The maximum Gasteiger partial charge on any atom is 0.315 e. The number of hydrogen-bond acceptors (Lipinski definition) is 19. The molecular formula is C48H78O19. The Bertz CT molecular complexity index is 1830. The Morgan fingerprint density at radius 2 is 1.16 bits per heavy atom. The van der Waals surface area contributed by atoms with Crippen molar-refractivity contribution in [1.82, 2.24) is 0 Å². The van der Waals surface area contributed by atoms with Crippen molar-refractivity contribution >= 4 is 5.97 Å². The van der Waals surface area contributed by atoms with E-state index < -0.39 is 152 Å². The SMILES string of the molecule is CC1(C)CCC2(C(=O)OC3O[C@H](CO)[C@@H](O)[C@H](O)[C@H]3O)CC(O)C3(C)C(=CCC4C5(C)CCC(OC6O[C@H](CO)[C@@H](OC7O[C@H](CO)[C@@H](O)[C@H](O)[C@H]7O)[C@H](O)[C@H]6O)C(C)(C)C5CCC43C)C2C1. The van der Waals surface area contributed by atoms with Gasteiger partial charge in [0.05, 0.1) is 37.4 Å². The van der Waals surface area contributed by atoms with Crippen molar-refractivity contribution in [2.24, 2.45) is 50.2 Å². The lowest BCUT2D eigenvalue weighted by molar-refractivity contribution is -0.368. The molecular weight excluding hydrogens is 881 g/mol. The first-order valence-corrected chi connectivity index (χ1v) is 24.4. The molecule has 0 aromatic heterocycles. The van der Waals surface area contributed by atoms with Gasteiger partial charge in [-0.25, -0.2) is 0 Å². The van der Waals surface area contributed by atoms with Crippen LogP contribution in [0.5, 0.6) is 0 Å². The van der Waals surface area contributed by atoms with Gasteiger partial charge in [0, 0.05) is 5.41 Å². The molecule has 67 heavy (non-hydrogen) atoms. The molecule has 4 saturated carbocycles. The van der Waals surface area contributed by atoms with E-state index in [9.17, 15) is 66.1 Å². The number of hydrogen-bond donors (Lipinski definition) is 12. The van der Waals surface area contributed by atoms with Gasteiger partial charge in [0.15, 0.2) is 12.6 Å². The van der Waals surface area contributed by atoms with Gasteiger partial charge in [-0.05, 0) is 97.2 Å². The average Bonchev–Trinajstić information content (AvgIpc) is 3.27. The molecule has 5 aliphatic carbocycles. The van der Waals surface area contributed by atoms with Crippen LogP contribution in [0.1, 0.15) is 106 Å². The van der Waals surface area contributed by atoms with Gasteiger partial charge in [-0.15, -0.1) is 0 Å². The number of carbonyl (C=O) groups excluding carboxylic acids is 1. The quantitative estimate of drug-likeness (QED) is 0.0758. The monoisotopic (exact) mass is 959 g/mol. The van der Waals surface area contributed by atoms with Crippen LogP contribution in [0.2, 0.25) is 0 Å². The lowest BCUT2D eigenvalue weighted by Gasteiger charge is -2.72. The number of aliphatic hydroxyl groups is 12. The third-order valence-corrected chi connectivity index (χ3v) is 19.4.